The summed E-state index contributed by atoms with van der Waals surface area (Å²) >= 11 is 0. The standard InChI is InChI=1S/C24H20B.C14H28NO2/c1-5-13-21(14-6-1)25(22-15-7-2-8-16-22,23-17-9-3-10-18-23)24-19-11-4-12-20-24;1-6-9-15(10-7-2,11-8-3)12-17-14(16)13(4)5/h1-20H;4,6-12H2,1-3,5H3/q-1;+1. The van der Waals surface area contributed by atoms with E-state index in [4.69, 9.17) is 4.74 Å². The van der Waals surface area contributed by atoms with Crippen molar-refractivity contribution in [2.75, 3.05) is 26.4 Å². The molecule has 4 aromatic carbocycles. The van der Waals surface area contributed by atoms with Gasteiger partial charge in [0.25, 0.3) is 0 Å². The highest BCUT2D eigenvalue weighted by Gasteiger charge is 2.31. The number of carbonyl (C=O) groups excluding carboxylic acids is 1. The zero-order valence-electron chi connectivity index (χ0n) is 26.0. The summed E-state index contributed by atoms with van der Waals surface area (Å²) < 4.78 is 6.25. The molecule has 0 amide bonds. The third-order valence-corrected chi connectivity index (χ3v) is 8.11. The molecule has 0 saturated carbocycles. The van der Waals surface area contributed by atoms with E-state index in [9.17, 15) is 4.79 Å². The average Bonchev–Trinajstić information content (AvgIpc) is 3.03. The SMILES string of the molecule is C=C(C)C(=O)OC[N+](CCC)(CCC)CCC.c1ccc([B-](c2ccccc2)(c2ccccc2)c2ccccc2)cc1. The summed E-state index contributed by atoms with van der Waals surface area (Å²) in [5.41, 5.74) is 5.84. The Labute approximate surface area is 254 Å². The highest BCUT2D eigenvalue weighted by atomic mass is 16.5. The molecule has 4 rings (SSSR count). The van der Waals surface area contributed by atoms with Gasteiger partial charge >= 0.3 is 5.97 Å². The summed E-state index contributed by atoms with van der Waals surface area (Å²) in [5.74, 6) is -0.268. The lowest BCUT2D eigenvalue weighted by molar-refractivity contribution is -0.943. The number of quaternary nitrogens is 1. The fourth-order valence-electron chi connectivity index (χ4n) is 6.39. The van der Waals surface area contributed by atoms with Crippen molar-refractivity contribution < 1.29 is 14.0 Å². The first-order valence-corrected chi connectivity index (χ1v) is 15.5. The minimum atomic E-state index is -1.22. The van der Waals surface area contributed by atoms with E-state index < -0.39 is 6.15 Å². The molecule has 0 aliphatic heterocycles. The van der Waals surface area contributed by atoms with Gasteiger partial charge in [0.2, 0.25) is 6.73 Å². The van der Waals surface area contributed by atoms with Crippen LogP contribution in [0.1, 0.15) is 47.0 Å². The van der Waals surface area contributed by atoms with E-state index in [-0.39, 0.29) is 5.97 Å². The molecule has 4 aromatic rings. The molecule has 0 spiro atoms. The van der Waals surface area contributed by atoms with Crippen LogP contribution < -0.4 is 21.9 Å². The molecule has 4 heteroatoms. The smallest absolute Gasteiger partial charge is 0.337 e. The summed E-state index contributed by atoms with van der Waals surface area (Å²) in [6, 6.07) is 43.5. The monoisotopic (exact) mass is 561 g/mol. The van der Waals surface area contributed by atoms with Gasteiger partial charge in [-0.2, -0.15) is 21.9 Å². The highest BCUT2D eigenvalue weighted by molar-refractivity contribution is 7.19. The fourth-order valence-corrected chi connectivity index (χ4v) is 6.39. The van der Waals surface area contributed by atoms with E-state index in [1.54, 1.807) is 6.92 Å². The van der Waals surface area contributed by atoms with Gasteiger partial charge in [0.05, 0.1) is 19.6 Å². The molecule has 0 bridgehead atoms. The van der Waals surface area contributed by atoms with Crippen LogP contribution >= 0.6 is 0 Å². The van der Waals surface area contributed by atoms with Crippen LogP contribution in [0.5, 0.6) is 0 Å². The van der Waals surface area contributed by atoms with Gasteiger partial charge in [0, 0.05) is 5.57 Å². The number of rotatable bonds is 13. The molecule has 0 aromatic heterocycles. The lowest BCUT2D eigenvalue weighted by Crippen LogP contribution is -2.74. The van der Waals surface area contributed by atoms with Crippen LogP contribution in [-0.2, 0) is 9.53 Å². The molecule has 0 heterocycles. The minimum Gasteiger partial charge on any atom is -0.412 e. The van der Waals surface area contributed by atoms with Crippen molar-refractivity contribution in [3.05, 3.63) is 133 Å². The third kappa shape index (κ3) is 8.11. The molecule has 220 valence electrons. The topological polar surface area (TPSA) is 26.3 Å². The number of carbonyl (C=O) groups is 1. The van der Waals surface area contributed by atoms with Crippen molar-refractivity contribution in [1.29, 1.82) is 0 Å². The number of hydrogen-bond acceptors (Lipinski definition) is 2. The van der Waals surface area contributed by atoms with Crippen LogP contribution in [0.2, 0.25) is 0 Å². The van der Waals surface area contributed by atoms with Gasteiger partial charge in [0.1, 0.15) is 6.15 Å². The molecule has 0 N–H and O–H groups in total. The molecule has 0 atom stereocenters. The number of hydrogen-bond donors (Lipinski definition) is 0. The first kappa shape index (κ1) is 32.6. The normalized spacial score (nSPS) is 11.2. The summed E-state index contributed by atoms with van der Waals surface area (Å²) in [6.45, 7) is 15.6. The predicted octanol–water partition coefficient (Wildman–Crippen LogP) is 6.17. The molecule has 0 unspecified atom stereocenters. The molecule has 0 fully saturated rings. The maximum Gasteiger partial charge on any atom is 0.337 e. The van der Waals surface area contributed by atoms with Crippen molar-refractivity contribution in [3.8, 4) is 0 Å². The Morgan fingerprint density at radius 2 is 0.881 bits per heavy atom. The first-order valence-electron chi connectivity index (χ1n) is 15.5. The van der Waals surface area contributed by atoms with Crippen LogP contribution in [0.15, 0.2) is 133 Å². The Kier molecular flexibility index (Phi) is 12.8. The van der Waals surface area contributed by atoms with E-state index in [0.29, 0.717) is 12.3 Å². The molecule has 0 saturated heterocycles. The summed E-state index contributed by atoms with van der Waals surface area (Å²) in [7, 11) is 0. The van der Waals surface area contributed by atoms with Gasteiger partial charge in [-0.15, -0.1) is 0 Å². The Hall–Kier alpha value is -3.89. The molecule has 3 nitrogen and oxygen atoms in total. The zero-order chi connectivity index (χ0) is 30.3. The average molecular weight is 562 g/mol. The van der Waals surface area contributed by atoms with Gasteiger partial charge in [-0.05, 0) is 26.2 Å². The molecule has 42 heavy (non-hydrogen) atoms. The van der Waals surface area contributed by atoms with Crippen molar-refractivity contribution >= 4 is 34.0 Å². The Bertz CT molecular complexity index is 1160. The quantitative estimate of drug-likeness (QED) is 0.0642. The summed E-state index contributed by atoms with van der Waals surface area (Å²) in [5, 5.41) is 0. The number of ether oxygens (including phenoxy) is 1. The second-order valence-corrected chi connectivity index (χ2v) is 11.4. The van der Waals surface area contributed by atoms with Gasteiger partial charge < -0.3 is 4.74 Å². The maximum absolute atomic E-state index is 11.5. The lowest BCUT2D eigenvalue weighted by atomic mass is 9.13. The van der Waals surface area contributed by atoms with Crippen LogP contribution in [0.3, 0.4) is 0 Å². The molecule has 0 radical (unpaired) electrons. The largest absolute Gasteiger partial charge is 0.412 e. The number of esters is 1. The Morgan fingerprint density at radius 1 is 0.595 bits per heavy atom. The van der Waals surface area contributed by atoms with Crippen molar-refractivity contribution in [1.82, 2.24) is 0 Å². The van der Waals surface area contributed by atoms with Gasteiger partial charge in [-0.25, -0.2) is 4.79 Å². The van der Waals surface area contributed by atoms with Gasteiger partial charge in [-0.1, -0.05) is 149 Å². The van der Waals surface area contributed by atoms with Crippen LogP contribution in [0.4, 0.5) is 0 Å². The van der Waals surface area contributed by atoms with E-state index >= 15 is 0 Å². The number of nitrogens with zero attached hydrogens (tertiary/aromatic N) is 1. The second-order valence-electron chi connectivity index (χ2n) is 11.4. The van der Waals surface area contributed by atoms with Gasteiger partial charge in [-0.3, -0.25) is 4.48 Å². The highest BCUT2D eigenvalue weighted by Crippen LogP contribution is 2.13. The van der Waals surface area contributed by atoms with Crippen LogP contribution in [-0.4, -0.2) is 43.0 Å². The minimum absolute atomic E-state index is 0.268. The molecular formula is C38H48BNO2. The Balaban J connectivity index is 0.000000252. The second kappa shape index (κ2) is 16.5. The molecular weight excluding hydrogens is 513 g/mol. The maximum atomic E-state index is 11.5. The third-order valence-electron chi connectivity index (χ3n) is 8.11. The predicted molar refractivity (Wildman–Crippen MR) is 182 cm³/mol. The van der Waals surface area contributed by atoms with Crippen molar-refractivity contribution in [2.24, 2.45) is 0 Å². The summed E-state index contributed by atoms with van der Waals surface area (Å²) in [6.07, 6.45) is 2.13. The van der Waals surface area contributed by atoms with E-state index in [1.807, 2.05) is 0 Å². The van der Waals surface area contributed by atoms with Crippen molar-refractivity contribution in [2.45, 2.75) is 47.0 Å². The molecule has 0 aliphatic rings. The van der Waals surface area contributed by atoms with Crippen LogP contribution in [0, 0.1) is 0 Å². The zero-order valence-corrected chi connectivity index (χ0v) is 26.0. The fraction of sp³-hybridized carbons (Fsp3) is 0.289. The molecule has 0 aliphatic carbocycles. The van der Waals surface area contributed by atoms with Crippen LogP contribution in [0.25, 0.3) is 0 Å². The first-order chi connectivity index (χ1) is 20.4. The number of benzene rings is 4. The summed E-state index contributed by atoms with van der Waals surface area (Å²) in [4.78, 5) is 11.5. The lowest BCUT2D eigenvalue weighted by Gasteiger charge is -2.44. The van der Waals surface area contributed by atoms with Crippen molar-refractivity contribution in [3.63, 3.8) is 0 Å². The van der Waals surface area contributed by atoms with E-state index in [1.165, 1.54) is 21.9 Å². The van der Waals surface area contributed by atoms with Gasteiger partial charge in [0.15, 0.2) is 0 Å². The Morgan fingerprint density at radius 3 is 1.12 bits per heavy atom. The van der Waals surface area contributed by atoms with E-state index in [2.05, 4.69) is 149 Å². The van der Waals surface area contributed by atoms with E-state index in [0.717, 1.165) is 43.4 Å².